The summed E-state index contributed by atoms with van der Waals surface area (Å²) in [5.41, 5.74) is -3.51. The second-order valence-corrected chi connectivity index (χ2v) is 20.5. The van der Waals surface area contributed by atoms with Crippen LogP contribution >= 0.6 is 0 Å². The molecule has 18 atom stereocenters. The van der Waals surface area contributed by atoms with E-state index in [1.165, 1.54) is 56.0 Å². The summed E-state index contributed by atoms with van der Waals surface area (Å²) in [6, 6.07) is -0.242. The number of rotatable bonds is 9. The van der Waals surface area contributed by atoms with Crippen LogP contribution in [0.25, 0.3) is 0 Å². The summed E-state index contributed by atoms with van der Waals surface area (Å²) in [6.45, 7) is 21.7. The second-order valence-electron chi connectivity index (χ2n) is 20.5. The van der Waals surface area contributed by atoms with Gasteiger partial charge < -0.3 is 57.2 Å². The van der Waals surface area contributed by atoms with Gasteiger partial charge in [0.05, 0.1) is 30.1 Å². The number of aromatic nitrogens is 4. The first-order valence-electron chi connectivity index (χ1n) is 23.8. The average molecular weight is 974 g/mol. The van der Waals surface area contributed by atoms with Crippen LogP contribution in [0.5, 0.6) is 0 Å². The highest BCUT2D eigenvalue weighted by molar-refractivity contribution is 5.74. The molecule has 0 unspecified atom stereocenters. The fraction of sp³-hybridized carbons (Fsp3) is 0.750. The highest BCUT2D eigenvalue weighted by atomic mass is 16.8. The molecule has 0 saturated carbocycles. The van der Waals surface area contributed by atoms with Crippen molar-refractivity contribution >= 4 is 24.3 Å². The monoisotopic (exact) mass is 973 g/mol. The first kappa shape index (κ1) is 52.2. The number of ether oxygens (including phenoxy) is 11. The Bertz CT molecular complexity index is 2170. The first-order chi connectivity index (χ1) is 32.4. The molecule has 7 rings (SSSR count). The van der Waals surface area contributed by atoms with Gasteiger partial charge in [-0.2, -0.15) is 0 Å². The van der Waals surface area contributed by atoms with E-state index in [4.69, 9.17) is 52.1 Å². The molecule has 0 aromatic carbocycles. The molecule has 0 radical (unpaired) electrons. The lowest BCUT2D eigenvalue weighted by Crippen LogP contribution is -2.65. The van der Waals surface area contributed by atoms with Gasteiger partial charge in [-0.05, 0) is 88.3 Å². The van der Waals surface area contributed by atoms with Crippen LogP contribution in [-0.4, -0.2) is 164 Å². The summed E-state index contributed by atoms with van der Waals surface area (Å²) < 4.78 is 72.8. The van der Waals surface area contributed by atoms with Gasteiger partial charge in [0, 0.05) is 62.7 Å². The summed E-state index contributed by atoms with van der Waals surface area (Å²) in [7, 11) is 3.46. The summed E-state index contributed by atoms with van der Waals surface area (Å²) in [5.74, 6) is -3.12. The molecule has 21 heteroatoms. The van der Waals surface area contributed by atoms with Gasteiger partial charge in [0.2, 0.25) is 0 Å². The number of cyclic esters (lactones) is 1. The molecule has 384 valence electrons. The summed E-state index contributed by atoms with van der Waals surface area (Å²) in [6.07, 6.45) is -4.59. The molecular weight excluding hydrogens is 903 g/mol. The zero-order chi connectivity index (χ0) is 50.5. The maximum Gasteiger partial charge on any atom is 0.509 e. The molecule has 4 fully saturated rings. The molecule has 1 N–H and O–H groups in total. The number of imidazole rings is 2. The van der Waals surface area contributed by atoms with E-state index in [-0.39, 0.29) is 31.0 Å². The zero-order valence-electron chi connectivity index (χ0n) is 42.1. The number of likely N-dealkylation sites (N-methyl/N-ethyl adjacent to an activating group) is 1. The number of hydrogen-bond acceptors (Lipinski definition) is 19. The van der Waals surface area contributed by atoms with E-state index in [2.05, 4.69) is 14.9 Å². The van der Waals surface area contributed by atoms with E-state index < -0.39 is 120 Å². The number of methoxy groups -OCH3 is 1. The highest BCUT2D eigenvalue weighted by Gasteiger charge is 2.62. The molecule has 2 aromatic rings. The van der Waals surface area contributed by atoms with E-state index in [1.807, 2.05) is 48.6 Å². The third-order valence-corrected chi connectivity index (χ3v) is 15.0. The van der Waals surface area contributed by atoms with Crippen LogP contribution in [0.1, 0.15) is 102 Å². The van der Waals surface area contributed by atoms with E-state index in [0.717, 1.165) is 10.1 Å². The van der Waals surface area contributed by atoms with Crippen molar-refractivity contribution in [1.82, 2.24) is 24.0 Å². The lowest BCUT2D eigenvalue weighted by atomic mass is 9.78. The maximum atomic E-state index is 15.0. The van der Waals surface area contributed by atoms with E-state index >= 15 is 4.79 Å². The molecule has 69 heavy (non-hydrogen) atoms. The Labute approximate surface area is 403 Å². The Morgan fingerprint density at radius 3 is 2.06 bits per heavy atom. The fourth-order valence-electron chi connectivity index (χ4n) is 11.0. The van der Waals surface area contributed by atoms with Gasteiger partial charge in [-0.25, -0.2) is 33.5 Å². The Morgan fingerprint density at radius 2 is 1.48 bits per heavy atom. The van der Waals surface area contributed by atoms with Crippen LogP contribution in [0.2, 0.25) is 0 Å². The number of hydrogen-bond donors (Lipinski definition) is 1. The number of carbonyl (C=O) groups excluding carboxylic acids is 4. The van der Waals surface area contributed by atoms with Crippen LogP contribution in [0.15, 0.2) is 48.8 Å². The number of esters is 1. The van der Waals surface area contributed by atoms with Crippen molar-refractivity contribution in [2.24, 2.45) is 17.8 Å². The second kappa shape index (κ2) is 20.2. The predicted molar refractivity (Wildman–Crippen MR) is 241 cm³/mol. The Hall–Kier alpha value is -4.64. The van der Waals surface area contributed by atoms with Crippen LogP contribution in [0.4, 0.5) is 14.4 Å². The number of nitrogens with zero attached hydrogens (tertiary/aromatic N) is 5. The molecular formula is C48H71N5O16. The van der Waals surface area contributed by atoms with Crippen LogP contribution in [-0.2, 0) is 56.9 Å². The standard InChI is InChI=1S/C48H71N5O16/c1-24(2)51(13)32-19-26(4)60-42(34(32)54)65-37-28(6)36(63-33-21-46(10,59-14)39(30(8)61-33)67-44(57)53-18-16-50-23-53)29(7)41(55)64-40-31(9)62-45(58)69-48(40,12)38(66-43(56)52-17-15-49-22-52)27(5)35-25(3)20-47(37,11)68-35/h15-18,22-24,26-34,36-40,42,54H,19-21H2,1-14H3/t26-,27+,28+,29-,30+,31-,32+,33+,34-,36+,37-,38-,39+,40-,42+,46-,47-,48+/m1/s1. The molecule has 0 amide bonds. The van der Waals surface area contributed by atoms with Gasteiger partial charge in [-0.15, -0.1) is 0 Å². The number of aliphatic hydroxyl groups is 1. The van der Waals surface area contributed by atoms with E-state index in [1.54, 1.807) is 34.6 Å². The van der Waals surface area contributed by atoms with Crippen LogP contribution in [0, 0.1) is 17.8 Å². The first-order valence-corrected chi connectivity index (χ1v) is 23.8. The Balaban J connectivity index is 1.32. The minimum atomic E-state index is -1.86. The van der Waals surface area contributed by atoms with Crippen molar-refractivity contribution in [2.75, 3.05) is 14.2 Å². The maximum absolute atomic E-state index is 15.0. The minimum absolute atomic E-state index is 0.0407. The van der Waals surface area contributed by atoms with Gasteiger partial charge in [0.15, 0.2) is 36.5 Å². The van der Waals surface area contributed by atoms with Gasteiger partial charge in [0.25, 0.3) is 0 Å². The molecule has 7 heterocycles. The molecule has 5 aliphatic heterocycles. The molecule has 2 bridgehead atoms. The fourth-order valence-corrected chi connectivity index (χ4v) is 11.0. The molecule has 5 aliphatic rings. The lowest BCUT2D eigenvalue weighted by molar-refractivity contribution is -0.317. The number of carbonyl (C=O) groups is 4. The SMILES string of the molecule is CO[C@]1(C)C[C@H](O[C@H]2[C@H](C)[C@@H](O[C@@H]3O[C@H](C)C[C@H](N(C)C(C)C)[C@H]3O)[C@@]3(C)CC(C)=C(O3)[C@H](C)[C@@H](OC(=O)n3ccnc3)[C@]3(C)OC(=O)O[C@H](C)[C@H]3OC(=O)[C@@H]2C)O[C@@H](C)[C@@H]1OC(=O)n1ccnc1. The molecule has 21 nitrogen and oxygen atoms in total. The van der Waals surface area contributed by atoms with E-state index in [9.17, 15) is 19.5 Å². The van der Waals surface area contributed by atoms with Gasteiger partial charge in [-0.1, -0.05) is 13.8 Å². The Kier molecular flexibility index (Phi) is 15.3. The molecule has 0 spiro atoms. The van der Waals surface area contributed by atoms with Gasteiger partial charge >= 0.3 is 24.3 Å². The predicted octanol–water partition coefficient (Wildman–Crippen LogP) is 5.60. The average Bonchev–Trinajstić information content (AvgIpc) is 4.09. The lowest BCUT2D eigenvalue weighted by Gasteiger charge is -2.49. The Morgan fingerprint density at radius 1 is 0.855 bits per heavy atom. The molecule has 4 saturated heterocycles. The summed E-state index contributed by atoms with van der Waals surface area (Å²) >= 11 is 0. The quantitative estimate of drug-likeness (QED) is 0.238. The van der Waals surface area contributed by atoms with Crippen molar-refractivity contribution in [3.05, 3.63) is 48.8 Å². The van der Waals surface area contributed by atoms with Gasteiger partial charge in [0.1, 0.15) is 47.9 Å². The smallest absolute Gasteiger partial charge is 0.488 e. The zero-order valence-corrected chi connectivity index (χ0v) is 42.1. The summed E-state index contributed by atoms with van der Waals surface area (Å²) in [5, 5.41) is 12.1. The topological polar surface area (TPSA) is 229 Å². The van der Waals surface area contributed by atoms with Crippen LogP contribution in [0.3, 0.4) is 0 Å². The molecule has 2 aromatic heterocycles. The minimum Gasteiger partial charge on any atom is -0.488 e. The molecule has 0 aliphatic carbocycles. The van der Waals surface area contributed by atoms with Crippen molar-refractivity contribution < 1.29 is 76.4 Å². The number of aliphatic hydroxyl groups excluding tert-OH is 1. The third-order valence-electron chi connectivity index (χ3n) is 15.0. The van der Waals surface area contributed by atoms with Crippen molar-refractivity contribution in [2.45, 2.75) is 199 Å². The van der Waals surface area contributed by atoms with Crippen molar-refractivity contribution in [3.8, 4) is 0 Å². The van der Waals surface area contributed by atoms with Crippen molar-refractivity contribution in [3.63, 3.8) is 0 Å². The largest absolute Gasteiger partial charge is 0.509 e. The van der Waals surface area contributed by atoms with E-state index in [0.29, 0.717) is 12.2 Å². The van der Waals surface area contributed by atoms with Gasteiger partial charge in [-0.3, -0.25) is 9.69 Å². The van der Waals surface area contributed by atoms with Crippen LogP contribution < -0.4 is 0 Å². The highest BCUT2D eigenvalue weighted by Crippen LogP contribution is 2.49. The normalized spacial score (nSPS) is 40.9. The number of fused-ring (bicyclic) bond motifs is 3. The summed E-state index contributed by atoms with van der Waals surface area (Å²) in [4.78, 5) is 65.4. The third kappa shape index (κ3) is 10.3. The van der Waals surface area contributed by atoms with Crippen molar-refractivity contribution in [1.29, 1.82) is 0 Å².